The summed E-state index contributed by atoms with van der Waals surface area (Å²) >= 11 is 0. The summed E-state index contributed by atoms with van der Waals surface area (Å²) in [6, 6.07) is 3.42. The van der Waals surface area contributed by atoms with E-state index in [1.165, 1.54) is 0 Å². The Bertz CT molecular complexity index is 683. The maximum absolute atomic E-state index is 12.0. The van der Waals surface area contributed by atoms with Crippen LogP contribution in [0.1, 0.15) is 26.3 Å². The van der Waals surface area contributed by atoms with E-state index in [0.717, 1.165) is 0 Å². The lowest BCUT2D eigenvalue weighted by Crippen LogP contribution is -2.21. The highest BCUT2D eigenvalue weighted by Crippen LogP contribution is 2.36. The highest BCUT2D eigenvalue weighted by atomic mass is 16.6. The second-order valence-electron chi connectivity index (χ2n) is 6.04. The van der Waals surface area contributed by atoms with E-state index in [9.17, 15) is 4.79 Å². The van der Waals surface area contributed by atoms with Gasteiger partial charge in [0, 0.05) is 17.0 Å². The highest BCUT2D eigenvalue weighted by molar-refractivity contribution is 6.08. The molecule has 0 saturated heterocycles. The lowest BCUT2D eigenvalue weighted by molar-refractivity contribution is -0.130. The molecule has 124 valence electrons. The maximum Gasteiger partial charge on any atom is 0.363 e. The van der Waals surface area contributed by atoms with Crippen molar-refractivity contribution in [3.63, 3.8) is 0 Å². The first kappa shape index (κ1) is 16.9. The standard InChI is InChI=1S/C17H21NO5/c1-17(2,3)16-18-11(15(19)23-16)7-10-8-13(21-5)14(22-6)9-12(10)20-4/h7-9H,1-6H3. The Morgan fingerprint density at radius 3 is 2.04 bits per heavy atom. The normalized spacial score (nSPS) is 16.2. The van der Waals surface area contributed by atoms with Crippen LogP contribution in [-0.2, 0) is 9.53 Å². The summed E-state index contributed by atoms with van der Waals surface area (Å²) in [5.41, 5.74) is 0.531. The van der Waals surface area contributed by atoms with Gasteiger partial charge < -0.3 is 18.9 Å². The van der Waals surface area contributed by atoms with E-state index >= 15 is 0 Å². The Kier molecular flexibility index (Phi) is 4.63. The van der Waals surface area contributed by atoms with Crippen LogP contribution in [0.4, 0.5) is 0 Å². The molecule has 0 aromatic heterocycles. The number of hydrogen-bond donors (Lipinski definition) is 0. The average molecular weight is 319 g/mol. The molecule has 0 bridgehead atoms. The van der Waals surface area contributed by atoms with E-state index in [4.69, 9.17) is 18.9 Å². The van der Waals surface area contributed by atoms with Crippen molar-refractivity contribution in [1.29, 1.82) is 0 Å². The van der Waals surface area contributed by atoms with Crippen LogP contribution in [0.15, 0.2) is 22.8 Å². The minimum atomic E-state index is -0.480. The smallest absolute Gasteiger partial charge is 0.363 e. The molecule has 0 aliphatic carbocycles. The number of rotatable bonds is 4. The Balaban J connectivity index is 2.50. The Morgan fingerprint density at radius 2 is 1.57 bits per heavy atom. The summed E-state index contributed by atoms with van der Waals surface area (Å²) in [4.78, 5) is 16.3. The summed E-state index contributed by atoms with van der Waals surface area (Å²) in [6.07, 6.45) is 1.61. The van der Waals surface area contributed by atoms with E-state index in [1.54, 1.807) is 39.5 Å². The van der Waals surface area contributed by atoms with Crippen molar-refractivity contribution in [3.8, 4) is 17.2 Å². The zero-order chi connectivity index (χ0) is 17.2. The molecule has 1 aliphatic rings. The van der Waals surface area contributed by atoms with Crippen LogP contribution < -0.4 is 14.2 Å². The number of nitrogens with zero attached hydrogens (tertiary/aromatic N) is 1. The number of ether oxygens (including phenoxy) is 4. The van der Waals surface area contributed by atoms with Crippen LogP contribution in [0.5, 0.6) is 17.2 Å². The third kappa shape index (κ3) is 3.47. The first-order valence-electron chi connectivity index (χ1n) is 7.13. The molecule has 0 saturated carbocycles. The SMILES string of the molecule is COc1cc(OC)c(OC)cc1C=C1N=C(C(C)(C)C)OC1=O. The van der Waals surface area contributed by atoms with Gasteiger partial charge in [-0.1, -0.05) is 20.8 Å². The zero-order valence-corrected chi connectivity index (χ0v) is 14.2. The number of benzene rings is 1. The highest BCUT2D eigenvalue weighted by Gasteiger charge is 2.31. The summed E-state index contributed by atoms with van der Waals surface area (Å²) < 4.78 is 21.1. The number of methoxy groups -OCH3 is 3. The fraction of sp³-hybridized carbons (Fsp3) is 0.412. The van der Waals surface area contributed by atoms with Gasteiger partial charge in [-0.05, 0) is 12.1 Å². The van der Waals surface area contributed by atoms with E-state index in [1.807, 2.05) is 20.8 Å². The lowest BCUT2D eigenvalue weighted by Gasteiger charge is -2.15. The van der Waals surface area contributed by atoms with Gasteiger partial charge in [0.25, 0.3) is 0 Å². The molecule has 0 amide bonds. The second-order valence-corrected chi connectivity index (χ2v) is 6.04. The molecule has 6 nitrogen and oxygen atoms in total. The molecule has 23 heavy (non-hydrogen) atoms. The predicted molar refractivity (Wildman–Crippen MR) is 87.1 cm³/mol. The van der Waals surface area contributed by atoms with Crippen LogP contribution in [-0.4, -0.2) is 33.2 Å². The van der Waals surface area contributed by atoms with Gasteiger partial charge in [-0.3, -0.25) is 0 Å². The van der Waals surface area contributed by atoms with Crippen molar-refractivity contribution in [2.75, 3.05) is 21.3 Å². The van der Waals surface area contributed by atoms with Crippen LogP contribution in [0.3, 0.4) is 0 Å². The topological polar surface area (TPSA) is 66.3 Å². The van der Waals surface area contributed by atoms with Gasteiger partial charge in [-0.25, -0.2) is 9.79 Å². The number of aliphatic imine (C=N–C) groups is 1. The predicted octanol–water partition coefficient (Wildman–Crippen LogP) is 3.05. The van der Waals surface area contributed by atoms with Crippen molar-refractivity contribution < 1.29 is 23.7 Å². The molecule has 0 N–H and O–H groups in total. The molecule has 0 fully saturated rings. The van der Waals surface area contributed by atoms with Gasteiger partial charge in [0.1, 0.15) is 5.75 Å². The second kappa shape index (κ2) is 6.32. The molecular formula is C17H21NO5. The number of carbonyl (C=O) groups excluding carboxylic acids is 1. The molecule has 2 rings (SSSR count). The summed E-state index contributed by atoms with van der Waals surface area (Å²) in [5.74, 6) is 1.54. The molecule has 0 atom stereocenters. The zero-order valence-electron chi connectivity index (χ0n) is 14.2. The van der Waals surface area contributed by atoms with Gasteiger partial charge >= 0.3 is 5.97 Å². The maximum atomic E-state index is 12.0. The first-order chi connectivity index (χ1) is 10.8. The van der Waals surface area contributed by atoms with Crippen LogP contribution in [0.25, 0.3) is 6.08 Å². The average Bonchev–Trinajstić information content (AvgIpc) is 2.88. The van der Waals surface area contributed by atoms with Crippen molar-refractivity contribution in [2.45, 2.75) is 20.8 Å². The van der Waals surface area contributed by atoms with Crippen LogP contribution in [0, 0.1) is 5.41 Å². The number of carbonyl (C=O) groups is 1. The van der Waals surface area contributed by atoms with Gasteiger partial charge in [-0.2, -0.15) is 0 Å². The monoisotopic (exact) mass is 319 g/mol. The van der Waals surface area contributed by atoms with Crippen molar-refractivity contribution in [3.05, 3.63) is 23.4 Å². The lowest BCUT2D eigenvalue weighted by atomic mass is 9.97. The molecule has 6 heteroatoms. The molecule has 0 unspecified atom stereocenters. The summed E-state index contributed by atoms with van der Waals surface area (Å²) in [6.45, 7) is 5.79. The van der Waals surface area contributed by atoms with Crippen molar-refractivity contribution in [1.82, 2.24) is 0 Å². The molecule has 0 radical (unpaired) electrons. The fourth-order valence-electron chi connectivity index (χ4n) is 2.04. The largest absolute Gasteiger partial charge is 0.496 e. The van der Waals surface area contributed by atoms with Crippen molar-refractivity contribution >= 4 is 17.9 Å². The van der Waals surface area contributed by atoms with E-state index in [0.29, 0.717) is 28.7 Å². The van der Waals surface area contributed by atoms with E-state index in [2.05, 4.69) is 4.99 Å². The Morgan fingerprint density at radius 1 is 1.00 bits per heavy atom. The third-order valence-electron chi connectivity index (χ3n) is 3.29. The minimum absolute atomic E-state index is 0.223. The molecule has 1 heterocycles. The molecule has 1 aromatic carbocycles. The van der Waals surface area contributed by atoms with Gasteiger partial charge in [0.05, 0.1) is 21.3 Å². The van der Waals surface area contributed by atoms with Gasteiger partial charge in [0.15, 0.2) is 17.2 Å². The summed E-state index contributed by atoms with van der Waals surface area (Å²) in [7, 11) is 4.63. The summed E-state index contributed by atoms with van der Waals surface area (Å²) in [5, 5.41) is 0. The first-order valence-corrected chi connectivity index (χ1v) is 7.13. The van der Waals surface area contributed by atoms with Crippen LogP contribution in [0.2, 0.25) is 0 Å². The van der Waals surface area contributed by atoms with Crippen molar-refractivity contribution in [2.24, 2.45) is 10.4 Å². The van der Waals surface area contributed by atoms with Gasteiger partial charge in [0.2, 0.25) is 5.90 Å². The Labute approximate surface area is 135 Å². The number of esters is 1. The number of hydrogen-bond acceptors (Lipinski definition) is 6. The Hall–Kier alpha value is -2.50. The van der Waals surface area contributed by atoms with E-state index < -0.39 is 5.97 Å². The molecule has 1 aliphatic heterocycles. The quantitative estimate of drug-likeness (QED) is 0.630. The van der Waals surface area contributed by atoms with Gasteiger partial charge in [-0.15, -0.1) is 0 Å². The number of cyclic esters (lactones) is 1. The third-order valence-corrected chi connectivity index (χ3v) is 3.29. The fourth-order valence-corrected chi connectivity index (χ4v) is 2.04. The molecular weight excluding hydrogens is 298 g/mol. The van der Waals surface area contributed by atoms with E-state index in [-0.39, 0.29) is 11.1 Å². The molecule has 1 aromatic rings. The minimum Gasteiger partial charge on any atom is -0.496 e. The van der Waals surface area contributed by atoms with Crippen LogP contribution >= 0.6 is 0 Å². The molecule has 0 spiro atoms.